The van der Waals surface area contributed by atoms with Crippen molar-refractivity contribution in [1.82, 2.24) is 0 Å². The van der Waals surface area contributed by atoms with Gasteiger partial charge in [-0.3, -0.25) is 4.79 Å². The summed E-state index contributed by atoms with van der Waals surface area (Å²) >= 11 is 0. The van der Waals surface area contributed by atoms with E-state index in [0.717, 1.165) is 0 Å². The molecular weight excluding hydrogens is 390 g/mol. The van der Waals surface area contributed by atoms with Gasteiger partial charge in [0.15, 0.2) is 0 Å². The van der Waals surface area contributed by atoms with Crippen LogP contribution >= 0.6 is 0 Å². The number of halogens is 6. The number of hydrogen-bond acceptors (Lipinski definition) is 7. The summed E-state index contributed by atoms with van der Waals surface area (Å²) in [6.45, 7) is 3.35. The minimum absolute atomic E-state index is 0.161. The zero-order chi connectivity index (χ0) is 20.3. The molecule has 0 unspecified atom stereocenters. The largest absolute Gasteiger partial charge is 0.748 e. The average Bonchev–Trinajstić information content (AvgIpc) is 2.33. The molecule has 0 aliphatic heterocycles. The quantitative estimate of drug-likeness (QED) is 0.275. The van der Waals surface area contributed by atoms with Crippen molar-refractivity contribution in [3.8, 4) is 0 Å². The third-order valence-electron chi connectivity index (χ3n) is 2.47. The van der Waals surface area contributed by atoms with Crippen molar-refractivity contribution in [1.29, 1.82) is 0 Å². The molecule has 0 bridgehead atoms. The van der Waals surface area contributed by atoms with Crippen molar-refractivity contribution in [2.75, 3.05) is 12.4 Å². The number of esters is 2. The minimum atomic E-state index is -6.45. The molecule has 0 saturated heterocycles. The molecule has 146 valence electrons. The highest BCUT2D eigenvalue weighted by Gasteiger charge is 2.75. The molecule has 0 aliphatic rings. The summed E-state index contributed by atoms with van der Waals surface area (Å²) in [5, 5.41) is 0. The SMILES string of the molecule is C=C(C)C(=O)OCCC(=O)OC(CS(=O)(=O)[O-])(C(F)(F)F)C(F)(F)F. The number of hydrogen-bond donors (Lipinski definition) is 0. The molecule has 0 N–H and O–H groups in total. The first-order valence-electron chi connectivity index (χ1n) is 6.04. The minimum Gasteiger partial charge on any atom is -0.748 e. The van der Waals surface area contributed by atoms with Gasteiger partial charge in [-0.2, -0.15) is 26.3 Å². The van der Waals surface area contributed by atoms with E-state index in [1.54, 1.807) is 0 Å². The fraction of sp³-hybridized carbons (Fsp3) is 0.636. The number of alkyl halides is 6. The molecule has 0 radical (unpaired) electrons. The van der Waals surface area contributed by atoms with Crippen molar-refractivity contribution >= 4 is 22.1 Å². The lowest BCUT2D eigenvalue weighted by Gasteiger charge is -2.36. The molecule has 0 aromatic heterocycles. The van der Waals surface area contributed by atoms with Crippen molar-refractivity contribution < 1.29 is 58.4 Å². The van der Waals surface area contributed by atoms with Gasteiger partial charge in [0, 0.05) is 5.57 Å². The Hall–Kier alpha value is -1.83. The number of ether oxygens (including phenoxy) is 2. The van der Waals surface area contributed by atoms with E-state index in [-0.39, 0.29) is 5.57 Å². The van der Waals surface area contributed by atoms with Gasteiger partial charge in [-0.25, -0.2) is 13.2 Å². The molecule has 0 heterocycles. The average molecular weight is 401 g/mol. The van der Waals surface area contributed by atoms with Crippen molar-refractivity contribution in [2.45, 2.75) is 31.3 Å². The van der Waals surface area contributed by atoms with Gasteiger partial charge in [0.25, 0.3) is 0 Å². The molecule has 0 rings (SSSR count). The molecule has 0 aromatic rings. The second kappa shape index (κ2) is 7.59. The third kappa shape index (κ3) is 6.53. The fourth-order valence-corrected chi connectivity index (χ4v) is 2.20. The molecule has 0 fully saturated rings. The van der Waals surface area contributed by atoms with Crippen LogP contribution in [-0.2, 0) is 29.2 Å². The zero-order valence-electron chi connectivity index (χ0n) is 12.4. The Balaban J connectivity index is 5.47. The van der Waals surface area contributed by atoms with Crippen LogP contribution in [0.4, 0.5) is 26.3 Å². The van der Waals surface area contributed by atoms with Crippen LogP contribution in [0, 0.1) is 0 Å². The molecular formula is C11H11F6O7S-. The number of carbonyl (C=O) groups excluding carboxylic acids is 2. The Morgan fingerprint density at radius 1 is 1.08 bits per heavy atom. The maximum Gasteiger partial charge on any atom is 0.438 e. The molecule has 0 aliphatic carbocycles. The maximum absolute atomic E-state index is 12.8. The monoisotopic (exact) mass is 401 g/mol. The standard InChI is InChI=1S/C11H12F6O7S/c1-6(2)8(19)23-4-3-7(18)24-9(10(12,13)14,11(15,16)17)5-25(20,21)22/h1,3-5H2,2H3,(H,20,21,22)/p-1. The van der Waals surface area contributed by atoms with Crippen LogP contribution in [0.2, 0.25) is 0 Å². The second-order valence-electron chi connectivity index (χ2n) is 4.66. The van der Waals surface area contributed by atoms with Gasteiger partial charge in [0.05, 0.1) is 22.3 Å². The molecule has 0 saturated carbocycles. The Bertz CT molecular complexity index is 620. The van der Waals surface area contributed by atoms with Gasteiger partial charge in [0.1, 0.15) is 6.61 Å². The Morgan fingerprint density at radius 2 is 1.52 bits per heavy atom. The van der Waals surface area contributed by atoms with E-state index < -0.39 is 58.8 Å². The summed E-state index contributed by atoms with van der Waals surface area (Å²) in [7, 11) is -6.10. The lowest BCUT2D eigenvalue weighted by Crippen LogP contribution is -2.63. The van der Waals surface area contributed by atoms with E-state index in [9.17, 15) is 48.9 Å². The van der Waals surface area contributed by atoms with E-state index >= 15 is 0 Å². The van der Waals surface area contributed by atoms with Crippen LogP contribution in [0.3, 0.4) is 0 Å². The van der Waals surface area contributed by atoms with Crippen LogP contribution < -0.4 is 0 Å². The van der Waals surface area contributed by atoms with Crippen molar-refractivity contribution in [2.24, 2.45) is 0 Å². The third-order valence-corrected chi connectivity index (χ3v) is 3.23. The Kier molecular flexibility index (Phi) is 7.04. The van der Waals surface area contributed by atoms with Crippen LogP contribution in [-0.4, -0.2) is 55.2 Å². The molecule has 0 atom stereocenters. The first-order chi connectivity index (χ1) is 10.9. The molecule has 0 aromatic carbocycles. The van der Waals surface area contributed by atoms with Crippen LogP contribution in [0.1, 0.15) is 13.3 Å². The van der Waals surface area contributed by atoms with Crippen LogP contribution in [0.25, 0.3) is 0 Å². The van der Waals surface area contributed by atoms with E-state index in [4.69, 9.17) is 0 Å². The summed E-state index contributed by atoms with van der Waals surface area (Å²) in [6.07, 6.45) is -14.2. The normalized spacial score (nSPS) is 13.3. The van der Waals surface area contributed by atoms with Crippen molar-refractivity contribution in [3.63, 3.8) is 0 Å². The lowest BCUT2D eigenvalue weighted by molar-refractivity contribution is -0.361. The highest BCUT2D eigenvalue weighted by molar-refractivity contribution is 7.85. The van der Waals surface area contributed by atoms with Gasteiger partial charge < -0.3 is 14.0 Å². The Labute approximate surface area is 137 Å². The number of rotatable bonds is 7. The highest BCUT2D eigenvalue weighted by Crippen LogP contribution is 2.46. The van der Waals surface area contributed by atoms with E-state index in [1.165, 1.54) is 6.92 Å². The highest BCUT2D eigenvalue weighted by atomic mass is 32.2. The lowest BCUT2D eigenvalue weighted by atomic mass is 10.1. The van der Waals surface area contributed by atoms with E-state index in [1.807, 2.05) is 0 Å². The fourth-order valence-electron chi connectivity index (χ4n) is 1.31. The first-order valence-corrected chi connectivity index (χ1v) is 7.62. The summed E-state index contributed by atoms with van der Waals surface area (Å²) in [6, 6.07) is 0. The summed E-state index contributed by atoms with van der Waals surface area (Å²) in [5.41, 5.74) is -5.71. The molecule has 25 heavy (non-hydrogen) atoms. The summed E-state index contributed by atoms with van der Waals surface area (Å²) in [4.78, 5) is 22.2. The van der Waals surface area contributed by atoms with E-state index in [0.29, 0.717) is 0 Å². The molecule has 14 heteroatoms. The topological polar surface area (TPSA) is 110 Å². The maximum atomic E-state index is 12.8. The summed E-state index contributed by atoms with van der Waals surface area (Å²) < 4.78 is 116. The zero-order valence-corrected chi connectivity index (χ0v) is 13.2. The van der Waals surface area contributed by atoms with Gasteiger partial charge in [0.2, 0.25) is 0 Å². The first kappa shape index (κ1) is 23.2. The predicted octanol–water partition coefficient (Wildman–Crippen LogP) is 1.45. The number of carbonyl (C=O) groups is 2. The smallest absolute Gasteiger partial charge is 0.438 e. The van der Waals surface area contributed by atoms with Gasteiger partial charge in [-0.15, -0.1) is 0 Å². The summed E-state index contributed by atoms with van der Waals surface area (Å²) in [5.74, 6) is -6.36. The molecule has 0 amide bonds. The molecule has 7 nitrogen and oxygen atoms in total. The van der Waals surface area contributed by atoms with Crippen LogP contribution in [0.5, 0.6) is 0 Å². The second-order valence-corrected chi connectivity index (χ2v) is 6.07. The van der Waals surface area contributed by atoms with E-state index in [2.05, 4.69) is 16.1 Å². The molecule has 0 spiro atoms. The van der Waals surface area contributed by atoms with Crippen molar-refractivity contribution in [3.05, 3.63) is 12.2 Å². The van der Waals surface area contributed by atoms with Gasteiger partial charge in [-0.05, 0) is 6.92 Å². The van der Waals surface area contributed by atoms with Gasteiger partial charge >= 0.3 is 29.9 Å². The Morgan fingerprint density at radius 3 is 1.84 bits per heavy atom. The van der Waals surface area contributed by atoms with Crippen LogP contribution in [0.15, 0.2) is 12.2 Å². The van der Waals surface area contributed by atoms with Gasteiger partial charge in [-0.1, -0.05) is 6.58 Å². The predicted molar refractivity (Wildman–Crippen MR) is 65.9 cm³/mol.